The monoisotopic (exact) mass is 1680 g/mol. The van der Waals surface area contributed by atoms with Crippen LogP contribution in [0.25, 0.3) is 0 Å². The molecule has 13 rings (SSSR count). The molecule has 0 amide bonds. The molecule has 4 heterocycles. The van der Waals surface area contributed by atoms with Gasteiger partial charge in [0.15, 0.2) is 0 Å². The minimum Gasteiger partial charge on any atom is -0.507 e. The van der Waals surface area contributed by atoms with E-state index in [0.29, 0.717) is 44.5 Å². The van der Waals surface area contributed by atoms with Crippen LogP contribution in [-0.4, -0.2) is 204 Å². The second-order valence-electron chi connectivity index (χ2n) is 30.4. The van der Waals surface area contributed by atoms with E-state index in [0.717, 1.165) is 24.3 Å². The number of hydrogen-bond acceptors (Lipinski definition) is 24. The van der Waals surface area contributed by atoms with Crippen molar-refractivity contribution in [3.05, 3.63) is 233 Å². The topological polar surface area (TPSA) is 541 Å². The van der Waals surface area contributed by atoms with E-state index >= 15 is 0 Å². The Morgan fingerprint density at radius 3 is 0.578 bits per heavy atom. The van der Waals surface area contributed by atoms with Gasteiger partial charge in [-0.1, -0.05) is 97.1 Å². The van der Waals surface area contributed by atoms with Gasteiger partial charge in [0.2, 0.25) is 0 Å². The van der Waals surface area contributed by atoms with E-state index in [1.54, 1.807) is 97.1 Å². The Morgan fingerprint density at radius 2 is 0.431 bits per heavy atom. The van der Waals surface area contributed by atoms with Crippen LogP contribution in [0.15, 0.2) is 121 Å². The Morgan fingerprint density at radius 1 is 0.276 bits per heavy atom. The van der Waals surface area contributed by atoms with Crippen LogP contribution in [-0.2, 0) is 138 Å². The Hall–Kier alpha value is -10.5. The van der Waals surface area contributed by atoms with Crippen LogP contribution in [0.2, 0.25) is 0 Å². The van der Waals surface area contributed by atoms with E-state index in [-0.39, 0.29) is 51.9 Å². The molecule has 16 N–H and O–H groups in total. The molecule has 4 atom stereocenters. The maximum atomic E-state index is 13.6. The van der Waals surface area contributed by atoms with Gasteiger partial charge in [-0.2, -0.15) is 33.7 Å². The molecule has 8 aromatic rings. The molecule has 8 aromatic carbocycles. The van der Waals surface area contributed by atoms with Crippen molar-refractivity contribution in [3.8, 4) is 46.0 Å². The number of phenols is 8. The highest BCUT2D eigenvalue weighted by atomic mass is 32.2. The lowest BCUT2D eigenvalue weighted by atomic mass is 9.75. The fourth-order valence-corrected chi connectivity index (χ4v) is 19.7. The number of phenolic OH excluding ortho intramolecular Hbond substituents is 8. The van der Waals surface area contributed by atoms with Crippen molar-refractivity contribution in [3.63, 3.8) is 0 Å². The summed E-state index contributed by atoms with van der Waals surface area (Å²) in [5.74, 6) is -28.1. The second kappa shape index (κ2) is 32.5. The second-order valence-corrected chi connectivity index (χ2v) is 36.6. The normalized spacial score (nSPS) is 20.7. The highest BCUT2D eigenvalue weighted by Crippen LogP contribution is 2.57. The Labute approximate surface area is 665 Å². The van der Waals surface area contributed by atoms with Crippen LogP contribution in [0, 0.1) is 0 Å². The van der Waals surface area contributed by atoms with Crippen LogP contribution in [0.5, 0.6) is 46.0 Å². The zero-order chi connectivity index (χ0) is 83.7. The number of carbonyl (C=O) groups is 4. The summed E-state index contributed by atoms with van der Waals surface area (Å²) in [5, 5.41) is 152. The largest absolute Gasteiger partial charge is 0.507 e. The third-order valence-corrected chi connectivity index (χ3v) is 26.4. The fraction of sp³-hybridized carbons (Fsp3) is 0.350. The standard InChI is InChI=1S/C80H84N4O28S4/c85-69-53-29-54(70(86)61(69)37-81-33-45-13-5-1-9-41(45)25-65(81)77(93)94)50(18-22-114(104,105)106)56-31-58(74(90)63(72(56)88)39-83-35-47-15-7-3-11-43(47)27-67(83)79(97)98)52(20-24-116(110,111)112)60-32-59(75(91)64(76(60)92)40-84-36-48-16-8-4-12-44(48)28-68(84)80(99)100)51(19-23-115(107,108)109)57-30-55(49(53)17-21-113(101,102)103)71(87)62(73(57)89)38-82-34-46-14-6-2-10-42(46)26-66(82)78(95)96/h1-16,29-32,49-52,65-68,85-92H,17-28,33-40H2,(H,93,94)(H,95,96)(H,97,98)(H,99,100)(H,101,102,103)(H,104,105,106)(H,107,108,109)(H,110,111,112)/t49?,50?,51?,52?,65-,66-,67-,68-/m0/s1. The molecular formula is C80H84N4O28S4. The summed E-state index contributed by atoms with van der Waals surface area (Å²) in [5.41, 5.74) is -3.54. The molecule has 0 saturated heterocycles. The smallest absolute Gasteiger partial charge is 0.321 e. The average Bonchev–Trinajstić information content (AvgIpc) is 0.731. The highest BCUT2D eigenvalue weighted by Gasteiger charge is 2.44. The van der Waals surface area contributed by atoms with Crippen LogP contribution in [0.4, 0.5) is 0 Å². The number of aliphatic carboxylic acids is 4. The minimum absolute atomic E-state index is 0.216. The Balaban J connectivity index is 1.21. The number of carboxylic acids is 4. The molecule has 5 aliphatic rings. The molecule has 1 aliphatic carbocycles. The number of nitrogens with zero attached hydrogens (tertiary/aromatic N) is 4. The molecule has 0 aromatic heterocycles. The van der Waals surface area contributed by atoms with Gasteiger partial charge in [0.1, 0.15) is 70.2 Å². The summed E-state index contributed by atoms with van der Waals surface area (Å²) in [7, 11) is -21.2. The summed E-state index contributed by atoms with van der Waals surface area (Å²) in [6, 6.07) is 24.1. The molecule has 0 unspecified atom stereocenters. The van der Waals surface area contributed by atoms with Crippen molar-refractivity contribution in [2.24, 2.45) is 0 Å². The molecule has 8 bridgehead atoms. The van der Waals surface area contributed by atoms with Crippen molar-refractivity contribution in [1.82, 2.24) is 19.6 Å². The molecule has 116 heavy (non-hydrogen) atoms. The minimum atomic E-state index is -5.29. The van der Waals surface area contributed by atoms with Crippen molar-refractivity contribution in [1.29, 1.82) is 0 Å². The van der Waals surface area contributed by atoms with Gasteiger partial charge in [-0.15, -0.1) is 0 Å². The summed E-state index contributed by atoms with van der Waals surface area (Å²) < 4.78 is 152. The van der Waals surface area contributed by atoms with Crippen LogP contribution in [0.3, 0.4) is 0 Å². The van der Waals surface area contributed by atoms with Crippen LogP contribution >= 0.6 is 0 Å². The van der Waals surface area contributed by atoms with Gasteiger partial charge in [-0.05, 0) is 120 Å². The molecule has 4 aliphatic heterocycles. The van der Waals surface area contributed by atoms with Gasteiger partial charge < -0.3 is 61.3 Å². The molecule has 616 valence electrons. The number of fused-ring (bicyclic) bond motifs is 12. The van der Waals surface area contributed by atoms with Gasteiger partial charge in [-0.25, -0.2) is 0 Å². The van der Waals surface area contributed by atoms with E-state index in [4.69, 9.17) is 0 Å². The van der Waals surface area contributed by atoms with Crippen LogP contribution in [0.1, 0.15) is 161 Å². The van der Waals surface area contributed by atoms with E-state index < -0.39 is 300 Å². The quantitative estimate of drug-likeness (QED) is 0.0263. The lowest BCUT2D eigenvalue weighted by molar-refractivity contribution is -0.145. The first kappa shape index (κ1) is 83.5. The fourth-order valence-electron chi connectivity index (χ4n) is 17.5. The Bertz CT molecular complexity index is 4970. The van der Waals surface area contributed by atoms with Gasteiger partial charge >= 0.3 is 23.9 Å². The first-order valence-electron chi connectivity index (χ1n) is 36.9. The number of benzene rings is 8. The molecule has 0 radical (unpaired) electrons. The lowest BCUT2D eigenvalue weighted by Crippen LogP contribution is -2.45. The van der Waals surface area contributed by atoms with Crippen molar-refractivity contribution in [2.75, 3.05) is 23.0 Å². The van der Waals surface area contributed by atoms with Crippen molar-refractivity contribution in [2.45, 2.75) is 152 Å². The van der Waals surface area contributed by atoms with Gasteiger partial charge in [0, 0.05) is 121 Å². The first-order chi connectivity index (χ1) is 54.6. The highest BCUT2D eigenvalue weighted by molar-refractivity contribution is 7.86. The number of carboxylic acid groups (broad SMARTS) is 4. The summed E-state index contributed by atoms with van der Waals surface area (Å²) in [6.45, 7) is -4.45. The molecule has 0 fully saturated rings. The zero-order valence-corrected chi connectivity index (χ0v) is 65.1. The number of hydrogen-bond donors (Lipinski definition) is 16. The van der Waals surface area contributed by atoms with Crippen molar-refractivity contribution < 1.29 is 132 Å². The predicted octanol–water partition coefficient (Wildman–Crippen LogP) is 7.33. The molecule has 32 nitrogen and oxygen atoms in total. The third-order valence-electron chi connectivity index (χ3n) is 23.3. The average molecular weight is 1680 g/mol. The zero-order valence-electron chi connectivity index (χ0n) is 61.8. The Kier molecular flexibility index (Phi) is 23.4. The van der Waals surface area contributed by atoms with Gasteiger partial charge in [0.05, 0.1) is 45.3 Å². The van der Waals surface area contributed by atoms with E-state index in [1.807, 2.05) is 0 Å². The van der Waals surface area contributed by atoms with Gasteiger partial charge in [-0.3, -0.25) is 57.0 Å². The molecule has 0 spiro atoms. The van der Waals surface area contributed by atoms with Crippen LogP contribution < -0.4 is 0 Å². The maximum Gasteiger partial charge on any atom is 0.321 e. The lowest BCUT2D eigenvalue weighted by Gasteiger charge is -2.37. The maximum absolute atomic E-state index is 13.6. The number of rotatable bonds is 24. The van der Waals surface area contributed by atoms with Gasteiger partial charge in [0.25, 0.3) is 40.5 Å². The number of aromatic hydroxyl groups is 8. The summed E-state index contributed by atoms with van der Waals surface area (Å²) in [6.07, 6.45) is -5.02. The predicted molar refractivity (Wildman–Crippen MR) is 414 cm³/mol. The van der Waals surface area contributed by atoms with E-state index in [9.17, 15) is 132 Å². The van der Waals surface area contributed by atoms with Crippen molar-refractivity contribution >= 4 is 64.3 Å². The molecule has 0 saturated carbocycles. The third kappa shape index (κ3) is 17.5. The van der Waals surface area contributed by atoms with E-state index in [2.05, 4.69) is 0 Å². The summed E-state index contributed by atoms with van der Waals surface area (Å²) in [4.78, 5) is 59.5. The van der Waals surface area contributed by atoms with E-state index in [1.165, 1.54) is 19.6 Å². The molecule has 36 heteroatoms. The first-order valence-corrected chi connectivity index (χ1v) is 43.3. The summed E-state index contributed by atoms with van der Waals surface area (Å²) >= 11 is 0. The SMILES string of the molecule is O=C(O)[C@@H]1Cc2ccccc2CN1Cc1c(O)c2cc(c1O)C(CCS(=O)(=O)O)c1cc(c(O)c(CN3Cc4ccccc4C[C@H]3C(=O)O)c1O)C(CCS(=O)(=O)O)c1cc(c(O)c(CN3Cc4ccccc4C[C@H]3C(=O)O)c1O)C(CCS(=O)(=O)O)c1cc(c(O)c(CN3Cc4ccccc4C[C@H]3C(=O)O)c1O)C2CCS(=O)(=O)O. The molecular weight excluding hydrogens is 1590 g/mol.